The molecule has 0 aromatic carbocycles. The average molecular weight is 272 g/mol. The zero-order valence-corrected chi connectivity index (χ0v) is 9.37. The minimum absolute atomic E-state index is 0.690. The molecule has 0 spiro atoms. The molecule has 0 bridgehead atoms. The van der Waals surface area contributed by atoms with Gasteiger partial charge in [0.05, 0.1) is 6.61 Å². The molecule has 0 rings (SSSR count). The lowest BCUT2D eigenvalue weighted by molar-refractivity contribution is -0.231. The van der Waals surface area contributed by atoms with E-state index in [4.69, 9.17) is 35.9 Å². The Hall–Kier alpha value is -1.30. The van der Waals surface area contributed by atoms with Crippen molar-refractivity contribution in [2.24, 2.45) is 0 Å². The van der Waals surface area contributed by atoms with Gasteiger partial charge in [0.25, 0.3) is 0 Å². The SMILES string of the molecule is CC(=O)OO.O=C(O)C(O)C(O)C(O)C(O)CO. The van der Waals surface area contributed by atoms with Gasteiger partial charge in [-0.15, -0.1) is 0 Å². The Morgan fingerprint density at radius 1 is 1.11 bits per heavy atom. The number of aliphatic carboxylic acids is 1. The Kier molecular flexibility index (Phi) is 10.3. The predicted molar refractivity (Wildman–Crippen MR) is 53.1 cm³/mol. The van der Waals surface area contributed by atoms with Crippen molar-refractivity contribution in [3.63, 3.8) is 0 Å². The number of rotatable bonds is 5. The highest BCUT2D eigenvalue weighted by Gasteiger charge is 2.33. The second-order valence-corrected chi connectivity index (χ2v) is 3.10. The van der Waals surface area contributed by atoms with Gasteiger partial charge >= 0.3 is 11.9 Å². The summed E-state index contributed by atoms with van der Waals surface area (Å²) >= 11 is 0. The van der Waals surface area contributed by atoms with Gasteiger partial charge in [-0.3, -0.25) is 0 Å². The van der Waals surface area contributed by atoms with Crippen molar-refractivity contribution in [1.29, 1.82) is 0 Å². The first kappa shape index (κ1) is 19.0. The second-order valence-electron chi connectivity index (χ2n) is 3.10. The lowest BCUT2D eigenvalue weighted by Crippen LogP contribution is -2.48. The Morgan fingerprint density at radius 3 is 1.72 bits per heavy atom. The van der Waals surface area contributed by atoms with E-state index in [9.17, 15) is 9.59 Å². The van der Waals surface area contributed by atoms with Gasteiger partial charge in [-0.1, -0.05) is 0 Å². The van der Waals surface area contributed by atoms with Gasteiger partial charge in [-0.25, -0.2) is 9.59 Å². The van der Waals surface area contributed by atoms with Crippen LogP contribution in [0.4, 0.5) is 0 Å². The molecule has 0 amide bonds. The summed E-state index contributed by atoms with van der Waals surface area (Å²) in [6, 6.07) is 0. The highest BCUT2D eigenvalue weighted by Crippen LogP contribution is 2.04. The molecule has 0 aromatic rings. The average Bonchev–Trinajstić information content (AvgIpc) is 2.35. The fourth-order valence-electron chi connectivity index (χ4n) is 0.668. The first-order valence-electron chi connectivity index (χ1n) is 4.56. The molecule has 0 radical (unpaired) electrons. The molecule has 4 unspecified atom stereocenters. The highest BCUT2D eigenvalue weighted by molar-refractivity contribution is 5.72. The van der Waals surface area contributed by atoms with Gasteiger partial charge in [-0.05, 0) is 0 Å². The summed E-state index contributed by atoms with van der Waals surface area (Å²) in [5, 5.41) is 59.1. The molecule has 10 heteroatoms. The molecule has 108 valence electrons. The predicted octanol–water partition coefficient (Wildman–Crippen LogP) is -3.47. The number of carboxylic acids is 1. The van der Waals surface area contributed by atoms with Crippen molar-refractivity contribution in [2.75, 3.05) is 6.61 Å². The Labute approximate surface area is 101 Å². The first-order valence-corrected chi connectivity index (χ1v) is 4.56. The van der Waals surface area contributed by atoms with E-state index >= 15 is 0 Å². The van der Waals surface area contributed by atoms with E-state index in [2.05, 4.69) is 4.89 Å². The summed E-state index contributed by atoms with van der Waals surface area (Å²) in [5.74, 6) is -2.42. The van der Waals surface area contributed by atoms with Gasteiger partial charge in [0.2, 0.25) is 0 Å². The summed E-state index contributed by atoms with van der Waals surface area (Å²) < 4.78 is 0. The molecule has 0 fully saturated rings. The molecule has 0 aliphatic heterocycles. The normalized spacial score (nSPS) is 16.6. The van der Waals surface area contributed by atoms with Crippen molar-refractivity contribution in [3.8, 4) is 0 Å². The Bertz CT molecular complexity index is 254. The number of aliphatic hydroxyl groups excluding tert-OH is 5. The molecule has 0 aliphatic rings. The van der Waals surface area contributed by atoms with Crippen LogP contribution in [-0.4, -0.2) is 78.9 Å². The van der Waals surface area contributed by atoms with Crippen LogP contribution < -0.4 is 0 Å². The minimum Gasteiger partial charge on any atom is -0.479 e. The van der Waals surface area contributed by atoms with Crippen molar-refractivity contribution >= 4 is 11.9 Å². The molecule has 4 atom stereocenters. The molecule has 0 saturated heterocycles. The van der Waals surface area contributed by atoms with Crippen LogP contribution in [0.5, 0.6) is 0 Å². The molecule has 7 N–H and O–H groups in total. The quantitative estimate of drug-likeness (QED) is 0.196. The van der Waals surface area contributed by atoms with Gasteiger partial charge in [0.15, 0.2) is 6.10 Å². The second kappa shape index (κ2) is 9.70. The van der Waals surface area contributed by atoms with Gasteiger partial charge < -0.3 is 35.5 Å². The van der Waals surface area contributed by atoms with E-state index in [1.165, 1.54) is 0 Å². The number of carbonyl (C=O) groups excluding carboxylic acids is 1. The number of hydrogen-bond acceptors (Lipinski definition) is 9. The monoisotopic (exact) mass is 272 g/mol. The summed E-state index contributed by atoms with van der Waals surface area (Å²) in [5.41, 5.74) is 0. The molecule has 0 aromatic heterocycles. The molecular weight excluding hydrogens is 256 g/mol. The number of hydrogen-bond donors (Lipinski definition) is 7. The fraction of sp³-hybridized carbons (Fsp3) is 0.750. The number of carboxylic acid groups (broad SMARTS) is 1. The standard InChI is InChI=1S/C6H12O7.C2H4O3/c7-1-2(8)3(9)4(10)5(11)6(12)13;1-2(3)5-4/h2-5,7-11H,1H2,(H,12,13);4H,1H3. The summed E-state index contributed by atoms with van der Waals surface area (Å²) in [6.07, 6.45) is -7.84. The number of aliphatic hydroxyl groups is 5. The third-order valence-corrected chi connectivity index (χ3v) is 1.64. The van der Waals surface area contributed by atoms with Crippen LogP contribution in [0.15, 0.2) is 0 Å². The van der Waals surface area contributed by atoms with Crippen molar-refractivity contribution in [2.45, 2.75) is 31.3 Å². The fourth-order valence-corrected chi connectivity index (χ4v) is 0.668. The minimum atomic E-state index is -2.20. The Balaban J connectivity index is 0. The molecule has 18 heavy (non-hydrogen) atoms. The van der Waals surface area contributed by atoms with E-state index in [1.54, 1.807) is 0 Å². The van der Waals surface area contributed by atoms with Crippen LogP contribution in [0.2, 0.25) is 0 Å². The zero-order chi connectivity index (χ0) is 14.9. The lowest BCUT2D eigenvalue weighted by Gasteiger charge is -2.23. The molecule has 0 aliphatic carbocycles. The first-order chi connectivity index (χ1) is 8.18. The van der Waals surface area contributed by atoms with Crippen molar-refractivity contribution in [3.05, 3.63) is 0 Å². The lowest BCUT2D eigenvalue weighted by atomic mass is 10.0. The maximum atomic E-state index is 10.1. The van der Waals surface area contributed by atoms with Gasteiger partial charge in [-0.2, -0.15) is 5.26 Å². The summed E-state index contributed by atoms with van der Waals surface area (Å²) in [4.78, 5) is 22.5. The van der Waals surface area contributed by atoms with E-state index in [1.807, 2.05) is 0 Å². The van der Waals surface area contributed by atoms with Crippen LogP contribution in [0.1, 0.15) is 6.92 Å². The maximum Gasteiger partial charge on any atom is 0.339 e. The maximum absolute atomic E-state index is 10.1. The largest absolute Gasteiger partial charge is 0.479 e. The van der Waals surface area contributed by atoms with Crippen LogP contribution in [0.3, 0.4) is 0 Å². The van der Waals surface area contributed by atoms with Crippen LogP contribution in [-0.2, 0) is 14.5 Å². The van der Waals surface area contributed by atoms with E-state index in [-0.39, 0.29) is 0 Å². The number of carbonyl (C=O) groups is 2. The van der Waals surface area contributed by atoms with E-state index in [0.717, 1.165) is 6.92 Å². The molecule has 0 heterocycles. The van der Waals surface area contributed by atoms with Gasteiger partial charge in [0, 0.05) is 6.92 Å². The molecule has 10 nitrogen and oxygen atoms in total. The Morgan fingerprint density at radius 2 is 1.50 bits per heavy atom. The van der Waals surface area contributed by atoms with Gasteiger partial charge in [0.1, 0.15) is 18.3 Å². The third kappa shape index (κ3) is 7.89. The zero-order valence-electron chi connectivity index (χ0n) is 9.37. The van der Waals surface area contributed by atoms with Crippen LogP contribution >= 0.6 is 0 Å². The van der Waals surface area contributed by atoms with Crippen molar-refractivity contribution < 1.29 is 50.4 Å². The topological polar surface area (TPSA) is 185 Å². The smallest absolute Gasteiger partial charge is 0.339 e. The molecule has 0 saturated carbocycles. The van der Waals surface area contributed by atoms with Crippen molar-refractivity contribution in [1.82, 2.24) is 0 Å². The molecular formula is C8H16O10. The van der Waals surface area contributed by atoms with Crippen LogP contribution in [0, 0.1) is 0 Å². The van der Waals surface area contributed by atoms with E-state index < -0.39 is 43.0 Å². The summed E-state index contributed by atoms with van der Waals surface area (Å²) in [6.45, 7) is 0.268. The third-order valence-electron chi connectivity index (χ3n) is 1.64. The van der Waals surface area contributed by atoms with E-state index in [0.29, 0.717) is 0 Å². The van der Waals surface area contributed by atoms with Crippen LogP contribution in [0.25, 0.3) is 0 Å². The summed E-state index contributed by atoms with van der Waals surface area (Å²) in [7, 11) is 0. The highest BCUT2D eigenvalue weighted by atomic mass is 17.1.